The first kappa shape index (κ1) is 11.6. The predicted octanol–water partition coefficient (Wildman–Crippen LogP) is 1.48. The maximum atomic E-state index is 11.6. The molecule has 1 heterocycles. The Kier molecular flexibility index (Phi) is 3.74. The molecular weight excluding hydrogens is 222 g/mol. The van der Waals surface area contributed by atoms with E-state index in [4.69, 9.17) is 21.1 Å². The molecule has 0 spiro atoms. The van der Waals surface area contributed by atoms with E-state index in [0.717, 1.165) is 0 Å². The van der Waals surface area contributed by atoms with Gasteiger partial charge in [0.2, 0.25) is 5.76 Å². The van der Waals surface area contributed by atoms with E-state index in [9.17, 15) is 9.59 Å². The molecule has 0 saturated heterocycles. The Labute approximate surface area is 91.2 Å². The fraction of sp³-hybridized carbons (Fsp3) is 0.333. The van der Waals surface area contributed by atoms with Crippen LogP contribution in [0.15, 0.2) is 16.7 Å². The van der Waals surface area contributed by atoms with Crippen LogP contribution in [0, 0.1) is 0 Å². The van der Waals surface area contributed by atoms with Crippen molar-refractivity contribution in [3.63, 3.8) is 0 Å². The molecule has 82 valence electrons. The molecule has 5 nitrogen and oxygen atoms in total. The molecular formula is C9H10ClNO4. The van der Waals surface area contributed by atoms with Gasteiger partial charge in [0.1, 0.15) is 0 Å². The Morgan fingerprint density at radius 2 is 2.27 bits per heavy atom. The van der Waals surface area contributed by atoms with E-state index < -0.39 is 11.9 Å². The molecule has 0 fully saturated rings. The van der Waals surface area contributed by atoms with Gasteiger partial charge in [0, 0.05) is 13.6 Å². The highest BCUT2D eigenvalue weighted by Crippen LogP contribution is 2.18. The van der Waals surface area contributed by atoms with Crippen molar-refractivity contribution in [3.05, 3.63) is 23.1 Å². The van der Waals surface area contributed by atoms with Crippen molar-refractivity contribution in [2.24, 2.45) is 0 Å². The summed E-state index contributed by atoms with van der Waals surface area (Å²) in [6.07, 6.45) is 1.20. The van der Waals surface area contributed by atoms with Crippen molar-refractivity contribution in [1.82, 2.24) is 4.90 Å². The molecule has 1 amide bonds. The third-order valence-corrected chi connectivity index (χ3v) is 2.12. The van der Waals surface area contributed by atoms with Gasteiger partial charge in [0.15, 0.2) is 0 Å². The molecule has 0 aliphatic rings. The van der Waals surface area contributed by atoms with Crippen molar-refractivity contribution >= 4 is 23.5 Å². The van der Waals surface area contributed by atoms with Crippen LogP contribution in [-0.4, -0.2) is 35.5 Å². The van der Waals surface area contributed by atoms with E-state index in [1.54, 1.807) is 0 Å². The Bertz CT molecular complexity index is 374. The number of aliphatic carboxylic acids is 1. The van der Waals surface area contributed by atoms with Crippen LogP contribution in [0.2, 0.25) is 5.02 Å². The average molecular weight is 232 g/mol. The summed E-state index contributed by atoms with van der Waals surface area (Å²) in [5.74, 6) is -1.35. The minimum atomic E-state index is -0.958. The fourth-order valence-electron chi connectivity index (χ4n) is 0.985. The van der Waals surface area contributed by atoms with Crippen LogP contribution in [0.25, 0.3) is 0 Å². The molecule has 15 heavy (non-hydrogen) atoms. The third kappa shape index (κ3) is 2.99. The van der Waals surface area contributed by atoms with E-state index in [1.807, 2.05) is 0 Å². The Morgan fingerprint density at radius 3 is 2.73 bits per heavy atom. The molecule has 1 aromatic rings. The lowest BCUT2D eigenvalue weighted by Crippen LogP contribution is -2.28. The number of carbonyl (C=O) groups excluding carboxylic acids is 1. The number of hydrogen-bond acceptors (Lipinski definition) is 3. The second-order valence-corrected chi connectivity index (χ2v) is 3.38. The third-order valence-electron chi connectivity index (χ3n) is 1.82. The van der Waals surface area contributed by atoms with E-state index in [0.29, 0.717) is 0 Å². The number of nitrogens with zero attached hydrogens (tertiary/aromatic N) is 1. The number of amides is 1. The van der Waals surface area contributed by atoms with Crippen LogP contribution in [0.4, 0.5) is 0 Å². The lowest BCUT2D eigenvalue weighted by atomic mass is 10.3. The zero-order valence-electron chi connectivity index (χ0n) is 8.07. The Hall–Kier alpha value is -1.49. The van der Waals surface area contributed by atoms with E-state index in [-0.39, 0.29) is 23.7 Å². The zero-order valence-corrected chi connectivity index (χ0v) is 8.82. The monoisotopic (exact) mass is 231 g/mol. The van der Waals surface area contributed by atoms with Crippen LogP contribution in [0.5, 0.6) is 0 Å². The maximum Gasteiger partial charge on any atom is 0.305 e. The number of hydrogen-bond donors (Lipinski definition) is 1. The van der Waals surface area contributed by atoms with Crippen molar-refractivity contribution in [2.75, 3.05) is 13.6 Å². The molecule has 6 heteroatoms. The van der Waals surface area contributed by atoms with Gasteiger partial charge >= 0.3 is 5.97 Å². The standard InChI is InChI=1S/C9H10ClNO4/c1-11(4-2-7(12)13)9(14)8-6(10)3-5-15-8/h3,5H,2,4H2,1H3,(H,12,13). The lowest BCUT2D eigenvalue weighted by molar-refractivity contribution is -0.137. The highest BCUT2D eigenvalue weighted by atomic mass is 35.5. The second-order valence-electron chi connectivity index (χ2n) is 2.97. The summed E-state index contributed by atoms with van der Waals surface area (Å²) in [7, 11) is 1.49. The zero-order chi connectivity index (χ0) is 11.4. The van der Waals surface area contributed by atoms with Gasteiger partial charge < -0.3 is 14.4 Å². The van der Waals surface area contributed by atoms with Gasteiger partial charge in [0.25, 0.3) is 5.91 Å². The van der Waals surface area contributed by atoms with E-state index in [2.05, 4.69) is 0 Å². The highest BCUT2D eigenvalue weighted by molar-refractivity contribution is 6.33. The minimum Gasteiger partial charge on any atom is -0.481 e. The average Bonchev–Trinajstić information content (AvgIpc) is 2.59. The van der Waals surface area contributed by atoms with Gasteiger partial charge in [-0.15, -0.1) is 0 Å². The molecule has 0 bridgehead atoms. The van der Waals surface area contributed by atoms with Gasteiger partial charge in [-0.3, -0.25) is 9.59 Å². The smallest absolute Gasteiger partial charge is 0.305 e. The largest absolute Gasteiger partial charge is 0.481 e. The first-order valence-electron chi connectivity index (χ1n) is 4.22. The summed E-state index contributed by atoms with van der Waals surface area (Å²) >= 11 is 5.68. The molecule has 0 aliphatic heterocycles. The van der Waals surface area contributed by atoms with Crippen LogP contribution in [0.3, 0.4) is 0 Å². The van der Waals surface area contributed by atoms with Gasteiger partial charge in [-0.05, 0) is 6.07 Å². The van der Waals surface area contributed by atoms with E-state index in [1.165, 1.54) is 24.3 Å². The number of carboxylic acids is 1. The summed E-state index contributed by atoms with van der Waals surface area (Å²) < 4.78 is 4.88. The molecule has 0 aromatic carbocycles. The molecule has 0 atom stereocenters. The summed E-state index contributed by atoms with van der Waals surface area (Å²) in [6.45, 7) is 0.116. The predicted molar refractivity (Wildman–Crippen MR) is 52.9 cm³/mol. The molecule has 1 N–H and O–H groups in total. The molecule has 0 unspecified atom stereocenters. The second kappa shape index (κ2) is 4.84. The number of rotatable bonds is 4. The van der Waals surface area contributed by atoms with Crippen LogP contribution >= 0.6 is 11.6 Å². The number of furan rings is 1. The van der Waals surface area contributed by atoms with Gasteiger partial charge in [0.05, 0.1) is 17.7 Å². The maximum absolute atomic E-state index is 11.6. The van der Waals surface area contributed by atoms with Gasteiger partial charge in [-0.2, -0.15) is 0 Å². The molecule has 1 aromatic heterocycles. The Balaban J connectivity index is 2.61. The molecule has 1 rings (SSSR count). The van der Waals surface area contributed by atoms with E-state index >= 15 is 0 Å². The lowest BCUT2D eigenvalue weighted by Gasteiger charge is -2.14. The molecule has 0 aliphatic carbocycles. The van der Waals surface area contributed by atoms with Crippen molar-refractivity contribution in [2.45, 2.75) is 6.42 Å². The van der Waals surface area contributed by atoms with Gasteiger partial charge in [-0.25, -0.2) is 0 Å². The number of halogens is 1. The quantitative estimate of drug-likeness (QED) is 0.852. The van der Waals surface area contributed by atoms with Crippen molar-refractivity contribution in [3.8, 4) is 0 Å². The van der Waals surface area contributed by atoms with Gasteiger partial charge in [-0.1, -0.05) is 11.6 Å². The summed E-state index contributed by atoms with van der Waals surface area (Å²) in [5, 5.41) is 8.67. The summed E-state index contributed by atoms with van der Waals surface area (Å²) in [4.78, 5) is 23.1. The fourth-order valence-corrected chi connectivity index (χ4v) is 1.16. The highest BCUT2D eigenvalue weighted by Gasteiger charge is 2.18. The molecule has 0 saturated carbocycles. The van der Waals surface area contributed by atoms with Crippen LogP contribution in [0.1, 0.15) is 17.0 Å². The SMILES string of the molecule is CN(CCC(=O)O)C(=O)c1occc1Cl. The van der Waals surface area contributed by atoms with Crippen molar-refractivity contribution in [1.29, 1.82) is 0 Å². The first-order chi connectivity index (χ1) is 7.02. The van der Waals surface area contributed by atoms with Crippen molar-refractivity contribution < 1.29 is 19.1 Å². The first-order valence-corrected chi connectivity index (χ1v) is 4.60. The summed E-state index contributed by atoms with van der Waals surface area (Å²) in [6, 6.07) is 1.46. The summed E-state index contributed by atoms with van der Waals surface area (Å²) in [5.41, 5.74) is 0. The minimum absolute atomic E-state index is 0.0320. The van der Waals surface area contributed by atoms with Crippen LogP contribution < -0.4 is 0 Å². The van der Waals surface area contributed by atoms with Crippen LogP contribution in [-0.2, 0) is 4.79 Å². The Morgan fingerprint density at radius 1 is 1.60 bits per heavy atom. The number of carboxylic acid groups (broad SMARTS) is 1. The molecule has 0 radical (unpaired) electrons. The number of carbonyl (C=O) groups is 2. The topological polar surface area (TPSA) is 70.8 Å². The normalized spacial score (nSPS) is 10.0.